The van der Waals surface area contributed by atoms with Gasteiger partial charge >= 0.3 is 0 Å². The molecule has 0 fully saturated rings. The highest BCUT2D eigenvalue weighted by molar-refractivity contribution is 5.83. The van der Waals surface area contributed by atoms with Gasteiger partial charge < -0.3 is 5.73 Å². The zero-order chi connectivity index (χ0) is 13.5. The third-order valence-electron chi connectivity index (χ3n) is 2.66. The molecule has 0 spiro atoms. The van der Waals surface area contributed by atoms with Gasteiger partial charge in [-0.1, -0.05) is 30.3 Å². The number of benzene rings is 1. The highest BCUT2D eigenvalue weighted by Gasteiger charge is 2.33. The summed E-state index contributed by atoms with van der Waals surface area (Å²) in [6.45, 7) is 0. The second-order valence-corrected chi connectivity index (χ2v) is 3.73. The Morgan fingerprint density at radius 3 is 2.00 bits per heavy atom. The molecule has 0 bridgehead atoms. The van der Waals surface area contributed by atoms with Crippen molar-refractivity contribution in [2.75, 3.05) is 0 Å². The molecular weight excluding hydrogens is 226 g/mol. The van der Waals surface area contributed by atoms with Crippen LogP contribution in [0.1, 0.15) is 11.5 Å². The molecule has 2 atom stereocenters. The summed E-state index contributed by atoms with van der Waals surface area (Å²) in [5.74, 6) is -3.02. The average molecular weight is 237 g/mol. The van der Waals surface area contributed by atoms with Gasteiger partial charge in [0.05, 0.1) is 18.2 Å². The van der Waals surface area contributed by atoms with Crippen molar-refractivity contribution < 1.29 is 0 Å². The van der Waals surface area contributed by atoms with Crippen LogP contribution in [0.3, 0.4) is 0 Å². The summed E-state index contributed by atoms with van der Waals surface area (Å²) in [7, 11) is 0. The fraction of sp³-hybridized carbons (Fsp3) is 0.231. The Labute approximate surface area is 105 Å². The Kier molecular flexibility index (Phi) is 4.43. The first-order chi connectivity index (χ1) is 8.65. The van der Waals surface area contributed by atoms with Crippen LogP contribution in [0.4, 0.5) is 0 Å². The van der Waals surface area contributed by atoms with Crippen molar-refractivity contribution in [2.45, 2.75) is 5.92 Å². The Balaban J connectivity index is 3.29. The summed E-state index contributed by atoms with van der Waals surface area (Å²) < 4.78 is 0. The number of hydrogen-bond donors (Lipinski definition) is 2. The largest absolute Gasteiger partial charge is 0.387 e. The maximum absolute atomic E-state index is 9.08. The molecular formula is C13H11N5. The van der Waals surface area contributed by atoms with Crippen LogP contribution in [0.15, 0.2) is 30.3 Å². The van der Waals surface area contributed by atoms with Crippen LogP contribution in [0.2, 0.25) is 0 Å². The van der Waals surface area contributed by atoms with Crippen molar-refractivity contribution in [2.24, 2.45) is 17.6 Å². The number of hydrogen-bond acceptors (Lipinski definition) is 4. The van der Waals surface area contributed by atoms with E-state index < -0.39 is 17.8 Å². The number of rotatable bonds is 4. The predicted molar refractivity (Wildman–Crippen MR) is 64.9 cm³/mol. The molecule has 0 saturated carbocycles. The van der Waals surface area contributed by atoms with Gasteiger partial charge in [0.1, 0.15) is 17.7 Å². The van der Waals surface area contributed by atoms with Crippen LogP contribution in [-0.2, 0) is 0 Å². The van der Waals surface area contributed by atoms with Crippen LogP contribution < -0.4 is 5.73 Å². The summed E-state index contributed by atoms with van der Waals surface area (Å²) in [6.07, 6.45) is 0. The summed E-state index contributed by atoms with van der Waals surface area (Å²) >= 11 is 0. The van der Waals surface area contributed by atoms with E-state index >= 15 is 0 Å². The normalized spacial score (nSPS) is 12.8. The maximum atomic E-state index is 9.08. The minimum absolute atomic E-state index is 0.332. The Bertz CT molecular complexity index is 529. The first-order valence-corrected chi connectivity index (χ1v) is 5.23. The molecule has 0 aliphatic heterocycles. The van der Waals surface area contributed by atoms with Crippen LogP contribution in [0.25, 0.3) is 0 Å². The number of nitrogens with one attached hydrogen (secondary N) is 1. The molecule has 88 valence electrons. The predicted octanol–water partition coefficient (Wildman–Crippen LogP) is 1.51. The van der Waals surface area contributed by atoms with E-state index in [4.69, 9.17) is 26.9 Å². The Hall–Kier alpha value is -2.84. The van der Waals surface area contributed by atoms with E-state index in [0.717, 1.165) is 0 Å². The van der Waals surface area contributed by atoms with Crippen molar-refractivity contribution in [3.63, 3.8) is 0 Å². The third kappa shape index (κ3) is 2.64. The molecule has 5 heteroatoms. The van der Waals surface area contributed by atoms with Crippen LogP contribution >= 0.6 is 0 Å². The van der Waals surface area contributed by atoms with Gasteiger partial charge in [0, 0.05) is 5.92 Å². The van der Waals surface area contributed by atoms with E-state index in [9.17, 15) is 0 Å². The Morgan fingerprint density at radius 2 is 1.61 bits per heavy atom. The van der Waals surface area contributed by atoms with Gasteiger partial charge in [0.25, 0.3) is 0 Å². The van der Waals surface area contributed by atoms with E-state index in [1.165, 1.54) is 0 Å². The van der Waals surface area contributed by atoms with Gasteiger partial charge in [-0.3, -0.25) is 5.41 Å². The zero-order valence-corrected chi connectivity index (χ0v) is 9.54. The molecule has 2 unspecified atom stereocenters. The smallest absolute Gasteiger partial charge is 0.141 e. The summed E-state index contributed by atoms with van der Waals surface area (Å²) in [6, 6.07) is 14.4. The quantitative estimate of drug-likeness (QED) is 0.608. The first-order valence-electron chi connectivity index (χ1n) is 5.23. The van der Waals surface area contributed by atoms with Crippen molar-refractivity contribution in [1.29, 1.82) is 21.2 Å². The number of nitriles is 3. The number of amidine groups is 1. The van der Waals surface area contributed by atoms with Crippen LogP contribution in [0.5, 0.6) is 0 Å². The van der Waals surface area contributed by atoms with E-state index in [-0.39, 0.29) is 5.84 Å². The standard InChI is InChI=1S/C13H11N5/c14-6-10(7-15)12(11(8-16)13(17)18)9-4-2-1-3-5-9/h1-5,10-12H,(H3,17,18). The van der Waals surface area contributed by atoms with Crippen molar-refractivity contribution in [3.05, 3.63) is 35.9 Å². The fourth-order valence-corrected chi connectivity index (χ4v) is 1.79. The topological polar surface area (TPSA) is 121 Å². The molecule has 0 radical (unpaired) electrons. The maximum Gasteiger partial charge on any atom is 0.141 e. The van der Waals surface area contributed by atoms with Crippen LogP contribution in [-0.4, -0.2) is 5.84 Å². The lowest BCUT2D eigenvalue weighted by Gasteiger charge is -2.21. The van der Waals surface area contributed by atoms with Gasteiger partial charge in [0.15, 0.2) is 0 Å². The lowest BCUT2D eigenvalue weighted by Crippen LogP contribution is -2.30. The summed E-state index contributed by atoms with van der Waals surface area (Å²) in [5, 5.41) is 34.5. The van der Waals surface area contributed by atoms with Gasteiger partial charge in [-0.05, 0) is 5.56 Å². The SMILES string of the molecule is N#CC(C#N)C(c1ccccc1)C(C#N)C(=N)N. The molecule has 0 saturated heterocycles. The average Bonchev–Trinajstić information content (AvgIpc) is 2.39. The van der Waals surface area contributed by atoms with Gasteiger partial charge in [-0.15, -0.1) is 0 Å². The zero-order valence-electron chi connectivity index (χ0n) is 9.54. The molecule has 3 N–H and O–H groups in total. The van der Waals surface area contributed by atoms with Gasteiger partial charge in [0.2, 0.25) is 0 Å². The summed E-state index contributed by atoms with van der Waals surface area (Å²) in [4.78, 5) is 0. The molecule has 0 aliphatic carbocycles. The second kappa shape index (κ2) is 6.03. The molecule has 0 aromatic heterocycles. The van der Waals surface area contributed by atoms with Gasteiger partial charge in [-0.2, -0.15) is 15.8 Å². The third-order valence-corrected chi connectivity index (χ3v) is 2.66. The summed E-state index contributed by atoms with van der Waals surface area (Å²) in [5.41, 5.74) is 6.03. The van der Waals surface area contributed by atoms with E-state index in [2.05, 4.69) is 0 Å². The number of nitrogens with zero attached hydrogens (tertiary/aromatic N) is 3. The minimum atomic E-state index is -1.01. The lowest BCUT2D eigenvalue weighted by atomic mass is 9.78. The van der Waals surface area contributed by atoms with Gasteiger partial charge in [-0.25, -0.2) is 0 Å². The number of nitrogens with two attached hydrogens (primary N) is 1. The molecule has 18 heavy (non-hydrogen) atoms. The molecule has 0 aliphatic rings. The van der Waals surface area contributed by atoms with E-state index in [1.807, 2.05) is 18.2 Å². The minimum Gasteiger partial charge on any atom is -0.387 e. The van der Waals surface area contributed by atoms with Crippen molar-refractivity contribution in [3.8, 4) is 18.2 Å². The molecule has 1 aromatic carbocycles. The fourth-order valence-electron chi connectivity index (χ4n) is 1.79. The van der Waals surface area contributed by atoms with Crippen molar-refractivity contribution >= 4 is 5.84 Å². The highest BCUT2D eigenvalue weighted by atomic mass is 14.7. The molecule has 1 rings (SSSR count). The monoisotopic (exact) mass is 237 g/mol. The lowest BCUT2D eigenvalue weighted by molar-refractivity contribution is 0.557. The van der Waals surface area contributed by atoms with E-state index in [0.29, 0.717) is 5.56 Å². The molecule has 0 amide bonds. The first kappa shape index (κ1) is 13.2. The Morgan fingerprint density at radius 1 is 1.06 bits per heavy atom. The van der Waals surface area contributed by atoms with Crippen LogP contribution in [0, 0.1) is 51.2 Å². The van der Waals surface area contributed by atoms with E-state index in [1.54, 1.807) is 30.3 Å². The van der Waals surface area contributed by atoms with Crippen molar-refractivity contribution in [1.82, 2.24) is 0 Å². The molecule has 5 nitrogen and oxygen atoms in total. The second-order valence-electron chi connectivity index (χ2n) is 3.73. The highest BCUT2D eigenvalue weighted by Crippen LogP contribution is 2.31. The molecule has 1 aromatic rings. The molecule has 0 heterocycles.